The van der Waals surface area contributed by atoms with Crippen molar-refractivity contribution in [3.8, 4) is 0 Å². The number of rotatable bonds is 11. The van der Waals surface area contributed by atoms with E-state index < -0.39 is 0 Å². The molecular weight excluding hydrogens is 551 g/mol. The molecule has 218 valence electrons. The lowest BCUT2D eigenvalue weighted by atomic mass is 9.72. The molecule has 2 aliphatic heterocycles. The number of halogens is 2. The quantitative estimate of drug-likeness (QED) is 0.224. The van der Waals surface area contributed by atoms with Crippen LogP contribution in [0.2, 0.25) is 10.0 Å². The van der Waals surface area contributed by atoms with Gasteiger partial charge in [-0.15, -0.1) is 0 Å². The van der Waals surface area contributed by atoms with Crippen molar-refractivity contribution < 1.29 is 4.74 Å². The lowest BCUT2D eigenvalue weighted by Gasteiger charge is -2.38. The molecule has 3 aromatic rings. The fraction of sp³-hybridized carbons (Fsp3) is 0.412. The Morgan fingerprint density at radius 2 is 1.49 bits per heavy atom. The maximum atomic E-state index is 6.51. The zero-order valence-corrected chi connectivity index (χ0v) is 25.8. The van der Waals surface area contributed by atoms with Gasteiger partial charge in [-0.25, -0.2) is 0 Å². The van der Waals surface area contributed by atoms with E-state index >= 15 is 0 Å². The Kier molecular flexibility index (Phi) is 10.2. The summed E-state index contributed by atoms with van der Waals surface area (Å²) < 4.78 is 6.36. The van der Waals surface area contributed by atoms with Gasteiger partial charge in [-0.2, -0.15) is 0 Å². The van der Waals surface area contributed by atoms with Crippen molar-refractivity contribution in [3.05, 3.63) is 112 Å². The summed E-state index contributed by atoms with van der Waals surface area (Å²) in [6.45, 7) is 7.12. The molecule has 0 saturated carbocycles. The predicted octanol–water partition coefficient (Wildman–Crippen LogP) is 6.96. The van der Waals surface area contributed by atoms with Gasteiger partial charge in [-0.1, -0.05) is 89.9 Å². The molecule has 2 saturated heterocycles. The minimum Gasteiger partial charge on any atom is -0.374 e. The van der Waals surface area contributed by atoms with Crippen LogP contribution in [0.5, 0.6) is 0 Å². The molecule has 5 rings (SSSR count). The van der Waals surface area contributed by atoms with Crippen molar-refractivity contribution in [2.24, 2.45) is 0 Å². The lowest BCUT2D eigenvalue weighted by molar-refractivity contribution is 0.0284. The van der Waals surface area contributed by atoms with Crippen LogP contribution in [0.15, 0.2) is 90.8 Å². The monoisotopic (exact) mass is 592 g/mol. The van der Waals surface area contributed by atoms with Gasteiger partial charge in [0.05, 0.1) is 29.1 Å². The average molecular weight is 594 g/mol. The highest BCUT2D eigenvalue weighted by Crippen LogP contribution is 2.38. The fourth-order valence-electron chi connectivity index (χ4n) is 6.13. The third-order valence-electron chi connectivity index (χ3n) is 8.34. The highest BCUT2D eigenvalue weighted by atomic mass is 35.5. The highest BCUT2D eigenvalue weighted by Gasteiger charge is 2.36. The van der Waals surface area contributed by atoms with Gasteiger partial charge < -0.3 is 19.4 Å². The summed E-state index contributed by atoms with van der Waals surface area (Å²) in [4.78, 5) is 9.51. The second-order valence-corrected chi connectivity index (χ2v) is 12.2. The van der Waals surface area contributed by atoms with Crippen LogP contribution in [0.3, 0.4) is 0 Å². The molecule has 0 amide bonds. The van der Waals surface area contributed by atoms with Crippen LogP contribution >= 0.6 is 23.2 Å². The number of benzene rings is 3. The van der Waals surface area contributed by atoms with E-state index in [9.17, 15) is 0 Å². The number of hydrogen-bond acceptors (Lipinski definition) is 5. The molecule has 0 radical (unpaired) electrons. The Bertz CT molecular complexity index is 1240. The van der Waals surface area contributed by atoms with Gasteiger partial charge >= 0.3 is 0 Å². The molecule has 3 aromatic carbocycles. The van der Waals surface area contributed by atoms with Crippen molar-refractivity contribution in [2.45, 2.75) is 24.7 Å². The van der Waals surface area contributed by atoms with E-state index in [0.717, 1.165) is 57.8 Å². The molecule has 0 unspecified atom stereocenters. The summed E-state index contributed by atoms with van der Waals surface area (Å²) in [6, 6.07) is 27.7. The van der Waals surface area contributed by atoms with Crippen LogP contribution < -0.4 is 4.90 Å². The maximum absolute atomic E-state index is 6.51. The average Bonchev–Trinajstić information content (AvgIpc) is 3.44. The molecule has 2 aliphatic rings. The molecule has 0 bridgehead atoms. The molecule has 2 heterocycles. The van der Waals surface area contributed by atoms with E-state index in [1.54, 1.807) is 0 Å². The van der Waals surface area contributed by atoms with E-state index in [-0.39, 0.29) is 5.41 Å². The zero-order chi connectivity index (χ0) is 28.7. The van der Waals surface area contributed by atoms with Crippen LogP contribution in [0.1, 0.15) is 30.4 Å². The van der Waals surface area contributed by atoms with Crippen LogP contribution in [-0.4, -0.2) is 81.4 Å². The van der Waals surface area contributed by atoms with Crippen LogP contribution in [0, 0.1) is 0 Å². The Labute approximate surface area is 255 Å². The molecule has 7 heteroatoms. The first-order valence-corrected chi connectivity index (χ1v) is 15.4. The summed E-state index contributed by atoms with van der Waals surface area (Å²) in [5.41, 5.74) is 4.87. The van der Waals surface area contributed by atoms with Crippen LogP contribution in [0.25, 0.3) is 0 Å². The summed E-state index contributed by atoms with van der Waals surface area (Å²) in [5, 5.41) is 1.27. The summed E-state index contributed by atoms with van der Waals surface area (Å²) in [5.74, 6) is 0. The van der Waals surface area contributed by atoms with E-state index in [1.807, 2.05) is 12.1 Å². The molecule has 0 aliphatic carbocycles. The first kappa shape index (κ1) is 29.8. The van der Waals surface area contributed by atoms with E-state index in [0.29, 0.717) is 23.4 Å². The predicted molar refractivity (Wildman–Crippen MR) is 172 cm³/mol. The van der Waals surface area contributed by atoms with Crippen molar-refractivity contribution in [3.63, 3.8) is 0 Å². The van der Waals surface area contributed by atoms with Gasteiger partial charge in [-0.05, 0) is 56.6 Å². The smallest absolute Gasteiger partial charge is 0.0985 e. The Balaban J connectivity index is 1.31. The van der Waals surface area contributed by atoms with Crippen molar-refractivity contribution in [1.29, 1.82) is 0 Å². The van der Waals surface area contributed by atoms with E-state index in [1.165, 1.54) is 23.2 Å². The lowest BCUT2D eigenvalue weighted by Crippen LogP contribution is -2.44. The van der Waals surface area contributed by atoms with Crippen LogP contribution in [-0.2, 0) is 10.2 Å². The zero-order valence-electron chi connectivity index (χ0n) is 24.3. The van der Waals surface area contributed by atoms with E-state index in [2.05, 4.69) is 107 Å². The molecule has 2 fully saturated rings. The maximum Gasteiger partial charge on any atom is 0.0985 e. The fourth-order valence-corrected chi connectivity index (χ4v) is 6.55. The first-order chi connectivity index (χ1) is 20.0. The van der Waals surface area contributed by atoms with Gasteiger partial charge in [-0.3, -0.25) is 4.90 Å². The Hall–Kier alpha value is -2.70. The minimum atomic E-state index is -0.228. The second-order valence-electron chi connectivity index (χ2n) is 11.4. The van der Waals surface area contributed by atoms with Crippen molar-refractivity contribution >= 4 is 28.9 Å². The van der Waals surface area contributed by atoms with Crippen LogP contribution in [0.4, 0.5) is 5.69 Å². The molecule has 0 atom stereocenters. The van der Waals surface area contributed by atoms with Gasteiger partial charge in [0, 0.05) is 56.6 Å². The summed E-state index contributed by atoms with van der Waals surface area (Å²) >= 11 is 12.8. The number of allylic oxidation sites excluding steroid dienone is 1. The normalized spacial score (nSPS) is 17.2. The number of hydrogen-bond donors (Lipinski definition) is 0. The third-order valence-corrected chi connectivity index (χ3v) is 9.15. The first-order valence-electron chi connectivity index (χ1n) is 14.7. The number of anilines is 1. The molecule has 0 spiro atoms. The summed E-state index contributed by atoms with van der Waals surface area (Å²) in [6.07, 6.45) is 5.72. The topological polar surface area (TPSA) is 22.2 Å². The van der Waals surface area contributed by atoms with E-state index in [4.69, 9.17) is 27.9 Å². The number of piperazine rings is 1. The van der Waals surface area contributed by atoms with Gasteiger partial charge in [0.15, 0.2) is 0 Å². The molecular formula is C34H42Cl2N4O. The molecule has 41 heavy (non-hydrogen) atoms. The van der Waals surface area contributed by atoms with Crippen molar-refractivity contribution in [1.82, 2.24) is 14.7 Å². The Morgan fingerprint density at radius 3 is 2.12 bits per heavy atom. The number of ether oxygens (including phenoxy) is 1. The SMILES string of the molecule is CN(C)COCC(CCN1CCC/C1=C\N1CCN(c2cccc(Cl)c2Cl)CC1)(c1ccccc1)c1ccccc1. The standard InChI is InChI=1S/C34H42Cl2N4O/c1-37(2)27-41-26-34(28-11-5-3-6-12-28,29-13-7-4-8-14-29)18-20-39-19-10-15-30(39)25-38-21-23-40(24-22-38)32-17-9-16-31(35)33(32)36/h3-9,11-14,16-17,25H,10,15,18-24,26-27H2,1-2H3/b30-25+. The second kappa shape index (κ2) is 14.0. The highest BCUT2D eigenvalue weighted by molar-refractivity contribution is 6.43. The number of nitrogens with zero attached hydrogens (tertiary/aromatic N) is 4. The van der Waals surface area contributed by atoms with Crippen molar-refractivity contribution in [2.75, 3.05) is 71.6 Å². The largest absolute Gasteiger partial charge is 0.374 e. The molecule has 5 nitrogen and oxygen atoms in total. The Morgan fingerprint density at radius 1 is 0.829 bits per heavy atom. The van der Waals surface area contributed by atoms with Gasteiger partial charge in [0.2, 0.25) is 0 Å². The van der Waals surface area contributed by atoms with Gasteiger partial charge in [0.1, 0.15) is 0 Å². The number of likely N-dealkylation sites (tertiary alicyclic amines) is 1. The molecule has 0 aromatic heterocycles. The van der Waals surface area contributed by atoms with Gasteiger partial charge in [0.25, 0.3) is 0 Å². The minimum absolute atomic E-state index is 0.228. The third kappa shape index (κ3) is 7.21. The molecule has 0 N–H and O–H groups in total. The summed E-state index contributed by atoms with van der Waals surface area (Å²) in [7, 11) is 4.11.